The third-order valence-corrected chi connectivity index (χ3v) is 3.97. The summed E-state index contributed by atoms with van der Waals surface area (Å²) < 4.78 is 25.7. The largest absolute Gasteiger partial charge is 0.462 e. The van der Waals surface area contributed by atoms with E-state index in [-0.39, 0.29) is 5.56 Å². The molecule has 1 aromatic rings. The van der Waals surface area contributed by atoms with E-state index in [1.807, 2.05) is 0 Å². The Balaban J connectivity index is 3.58. The number of hydrogen-bond acceptors (Lipinski definition) is 11. The van der Waals surface area contributed by atoms with Crippen LogP contribution in [0.4, 0.5) is 0 Å². The summed E-state index contributed by atoms with van der Waals surface area (Å²) in [6.07, 6.45) is -6.70. The minimum Gasteiger partial charge on any atom is -0.462 e. The molecule has 0 saturated carbocycles. The van der Waals surface area contributed by atoms with Crippen molar-refractivity contribution in [1.29, 1.82) is 0 Å². The van der Waals surface area contributed by atoms with Crippen LogP contribution in [-0.2, 0) is 47.7 Å². The first-order valence-electron chi connectivity index (χ1n) is 9.83. The van der Waals surface area contributed by atoms with Gasteiger partial charge in [-0.2, -0.15) is 0 Å². The fraction of sp³-hybridized carbons (Fsp3) is 0.455. The van der Waals surface area contributed by atoms with E-state index in [1.165, 1.54) is 12.1 Å². The molecule has 11 nitrogen and oxygen atoms in total. The second-order valence-electron chi connectivity index (χ2n) is 6.86. The van der Waals surface area contributed by atoms with E-state index >= 15 is 0 Å². The third-order valence-electron chi connectivity index (χ3n) is 3.97. The van der Waals surface area contributed by atoms with Crippen LogP contribution in [0.2, 0.25) is 0 Å². The summed E-state index contributed by atoms with van der Waals surface area (Å²) in [7, 11) is 0. The van der Waals surface area contributed by atoms with Crippen molar-refractivity contribution >= 4 is 35.6 Å². The Bertz CT molecular complexity index is 878. The van der Waals surface area contributed by atoms with Crippen LogP contribution in [-0.4, -0.2) is 66.7 Å². The molecule has 0 aliphatic carbocycles. The van der Waals surface area contributed by atoms with Gasteiger partial charge in [0.25, 0.3) is 0 Å². The van der Waals surface area contributed by atoms with Gasteiger partial charge >= 0.3 is 29.8 Å². The van der Waals surface area contributed by atoms with Crippen LogP contribution in [0.1, 0.15) is 45.0 Å². The van der Waals surface area contributed by atoms with Crippen LogP contribution in [0, 0.1) is 0 Å². The van der Waals surface area contributed by atoms with Gasteiger partial charge in [0, 0.05) is 40.2 Å². The first-order chi connectivity index (χ1) is 15.4. The number of hydrogen-bond donors (Lipinski definition) is 0. The lowest BCUT2D eigenvalue weighted by molar-refractivity contribution is -0.199. The molecule has 0 aliphatic rings. The molecule has 4 unspecified atom stereocenters. The van der Waals surface area contributed by atoms with Crippen molar-refractivity contribution in [2.75, 3.05) is 6.61 Å². The lowest BCUT2D eigenvalue weighted by Gasteiger charge is -2.34. The molecule has 0 N–H and O–H groups in total. The quantitative estimate of drug-likeness (QED) is 0.263. The highest BCUT2D eigenvalue weighted by Gasteiger charge is 2.46. The summed E-state index contributed by atoms with van der Waals surface area (Å²) in [4.78, 5) is 71.8. The molecule has 0 aromatic heterocycles. The highest BCUT2D eigenvalue weighted by atomic mass is 16.6. The predicted octanol–water partition coefficient (Wildman–Crippen LogP) is 1.16. The second-order valence-corrected chi connectivity index (χ2v) is 6.86. The van der Waals surface area contributed by atoms with Gasteiger partial charge in [-0.25, -0.2) is 0 Å². The molecule has 0 radical (unpaired) electrons. The molecule has 0 aliphatic heterocycles. The number of ketones is 1. The maximum Gasteiger partial charge on any atom is 0.303 e. The molecule has 1 rings (SSSR count). The van der Waals surface area contributed by atoms with E-state index < -0.39 is 66.7 Å². The molecule has 4 atom stereocenters. The van der Waals surface area contributed by atoms with E-state index in [0.717, 1.165) is 34.6 Å². The molecular weight excluding hydrogens is 440 g/mol. The molecule has 11 heteroatoms. The number of benzene rings is 1. The maximum atomic E-state index is 13.2. The molecule has 0 saturated heterocycles. The van der Waals surface area contributed by atoms with Crippen LogP contribution >= 0.6 is 0 Å². The molecule has 1 aromatic carbocycles. The number of rotatable bonds is 11. The van der Waals surface area contributed by atoms with Crippen molar-refractivity contribution < 1.29 is 52.5 Å². The molecule has 0 fully saturated rings. The third kappa shape index (κ3) is 9.50. The Morgan fingerprint density at radius 1 is 0.636 bits per heavy atom. The zero-order valence-corrected chi connectivity index (χ0v) is 18.9. The monoisotopic (exact) mass is 466 g/mol. The van der Waals surface area contributed by atoms with Crippen molar-refractivity contribution in [3.05, 3.63) is 35.9 Å². The van der Waals surface area contributed by atoms with Crippen molar-refractivity contribution in [1.82, 2.24) is 0 Å². The second kappa shape index (κ2) is 12.9. The number of Topliss-reactive ketones (excluding diaryl/α,β-unsaturated/α-hetero) is 1. The van der Waals surface area contributed by atoms with E-state index in [2.05, 4.69) is 0 Å². The number of carbonyl (C=O) groups is 6. The van der Waals surface area contributed by atoms with Gasteiger partial charge in [-0.15, -0.1) is 0 Å². The molecule has 0 amide bonds. The Hall–Kier alpha value is -3.76. The number of esters is 5. The van der Waals surface area contributed by atoms with Crippen LogP contribution in [0.25, 0.3) is 0 Å². The molecule has 0 heterocycles. The maximum absolute atomic E-state index is 13.2. The van der Waals surface area contributed by atoms with Crippen LogP contribution in [0.3, 0.4) is 0 Å². The van der Waals surface area contributed by atoms with Gasteiger partial charge in [-0.05, 0) is 0 Å². The van der Waals surface area contributed by atoms with E-state index in [9.17, 15) is 28.8 Å². The summed E-state index contributed by atoms with van der Waals surface area (Å²) in [5, 5.41) is 0. The van der Waals surface area contributed by atoms with E-state index in [0.29, 0.717) is 0 Å². The van der Waals surface area contributed by atoms with Gasteiger partial charge < -0.3 is 23.7 Å². The summed E-state index contributed by atoms with van der Waals surface area (Å²) in [6.45, 7) is 4.61. The smallest absolute Gasteiger partial charge is 0.303 e. The Morgan fingerprint density at radius 3 is 1.58 bits per heavy atom. The number of carbonyl (C=O) groups excluding carboxylic acids is 6. The predicted molar refractivity (Wildman–Crippen MR) is 110 cm³/mol. The fourth-order valence-corrected chi connectivity index (χ4v) is 2.86. The highest BCUT2D eigenvalue weighted by Crippen LogP contribution is 2.23. The Kier molecular flexibility index (Phi) is 10.7. The van der Waals surface area contributed by atoms with Crippen molar-refractivity contribution in [3.63, 3.8) is 0 Å². The molecule has 33 heavy (non-hydrogen) atoms. The average Bonchev–Trinajstić information content (AvgIpc) is 2.71. The van der Waals surface area contributed by atoms with E-state index in [1.54, 1.807) is 18.2 Å². The molecule has 0 bridgehead atoms. The van der Waals surface area contributed by atoms with E-state index in [4.69, 9.17) is 23.7 Å². The Labute approximate surface area is 190 Å². The summed E-state index contributed by atoms with van der Waals surface area (Å²) >= 11 is 0. The normalized spacial score (nSPS) is 14.0. The topological polar surface area (TPSA) is 149 Å². The van der Waals surface area contributed by atoms with Gasteiger partial charge in [0.1, 0.15) is 6.61 Å². The summed E-state index contributed by atoms with van der Waals surface area (Å²) in [5.74, 6) is -5.07. The fourth-order valence-electron chi connectivity index (χ4n) is 2.86. The van der Waals surface area contributed by atoms with Crippen LogP contribution < -0.4 is 0 Å². The minimum absolute atomic E-state index is 0.103. The lowest BCUT2D eigenvalue weighted by atomic mass is 9.95. The van der Waals surface area contributed by atoms with Gasteiger partial charge in [0.05, 0.1) is 0 Å². The van der Waals surface area contributed by atoms with Crippen molar-refractivity contribution in [3.8, 4) is 0 Å². The van der Waals surface area contributed by atoms with Crippen molar-refractivity contribution in [2.24, 2.45) is 0 Å². The van der Waals surface area contributed by atoms with Crippen LogP contribution in [0.15, 0.2) is 30.3 Å². The first-order valence-corrected chi connectivity index (χ1v) is 9.83. The SMILES string of the molecule is CC(=O)OCC(OC(C)=O)C(OC(C)=O)C(OC(C)=O)C(OC(C)=O)C(=O)c1ccccc1. The van der Waals surface area contributed by atoms with Gasteiger partial charge in [-0.3, -0.25) is 28.8 Å². The van der Waals surface area contributed by atoms with Gasteiger partial charge in [0.15, 0.2) is 18.3 Å². The van der Waals surface area contributed by atoms with Gasteiger partial charge in [0.2, 0.25) is 11.9 Å². The first kappa shape index (κ1) is 27.3. The molecular formula is C22H26O11. The summed E-state index contributed by atoms with van der Waals surface area (Å²) in [6, 6.07) is 7.65. The zero-order valence-electron chi connectivity index (χ0n) is 18.9. The zero-order chi connectivity index (χ0) is 25.1. The highest BCUT2D eigenvalue weighted by molar-refractivity contribution is 6.01. The standard InChI is InChI=1S/C22H26O11/c1-12(23)29-11-18(30-13(2)24)20(31-14(3)25)22(33-16(5)27)21(32-15(4)26)19(28)17-9-7-6-8-10-17/h6-10,18,20-22H,11H2,1-5H3. The summed E-state index contributed by atoms with van der Waals surface area (Å²) in [5.41, 5.74) is 0.103. The average molecular weight is 466 g/mol. The molecule has 180 valence electrons. The van der Waals surface area contributed by atoms with Crippen LogP contribution in [0.5, 0.6) is 0 Å². The van der Waals surface area contributed by atoms with Gasteiger partial charge in [-0.1, -0.05) is 30.3 Å². The lowest BCUT2D eigenvalue weighted by Crippen LogP contribution is -2.55. The molecule has 0 spiro atoms. The minimum atomic E-state index is -1.78. The Morgan fingerprint density at radius 2 is 1.12 bits per heavy atom. The number of ether oxygens (including phenoxy) is 5. The van der Waals surface area contributed by atoms with Crippen molar-refractivity contribution in [2.45, 2.75) is 59.0 Å².